The van der Waals surface area contributed by atoms with Gasteiger partial charge in [0.15, 0.2) is 0 Å². The van der Waals surface area contributed by atoms with Crippen molar-refractivity contribution in [2.75, 3.05) is 17.3 Å². The van der Waals surface area contributed by atoms with Gasteiger partial charge in [-0.2, -0.15) is 0 Å². The summed E-state index contributed by atoms with van der Waals surface area (Å²) >= 11 is 11.8. The number of nitrogens with zero attached hydrogens (tertiary/aromatic N) is 2. The Balaban J connectivity index is 1.56. The highest BCUT2D eigenvalue weighted by atomic mass is 35.5. The summed E-state index contributed by atoms with van der Waals surface area (Å²) in [4.78, 5) is 43.6. The van der Waals surface area contributed by atoms with Crippen molar-refractivity contribution < 1.29 is 24.6 Å². The number of carbonyl (C=O) groups excluding carboxylic acids is 2. The number of halogens is 2. The second-order valence-corrected chi connectivity index (χ2v) is 8.82. The lowest BCUT2D eigenvalue weighted by molar-refractivity contribution is 0.0698. The Labute approximate surface area is 221 Å². The minimum atomic E-state index is -1.35. The fourth-order valence-electron chi connectivity index (χ4n) is 3.53. The topological polar surface area (TPSA) is 120 Å². The third-order valence-corrected chi connectivity index (χ3v) is 6.03. The fourth-order valence-corrected chi connectivity index (χ4v) is 3.83. The summed E-state index contributed by atoms with van der Waals surface area (Å²) in [6.45, 7) is 0. The maximum atomic E-state index is 13.0. The number of hydrogen-bond acceptors (Lipinski definition) is 6. The molecular formula is C27H19Cl2N3O5. The molecule has 10 heteroatoms. The number of phenols is 1. The molecule has 37 heavy (non-hydrogen) atoms. The van der Waals surface area contributed by atoms with Gasteiger partial charge in [-0.15, -0.1) is 0 Å². The molecule has 8 nitrogen and oxygen atoms in total. The van der Waals surface area contributed by atoms with Crippen LogP contribution < -0.4 is 10.2 Å². The van der Waals surface area contributed by atoms with E-state index >= 15 is 0 Å². The summed E-state index contributed by atoms with van der Waals surface area (Å²) in [5.74, 6) is -2.92. The lowest BCUT2D eigenvalue weighted by Crippen LogP contribution is -2.16. The predicted octanol–water partition coefficient (Wildman–Crippen LogP) is 6.04. The van der Waals surface area contributed by atoms with Crippen molar-refractivity contribution in [2.24, 2.45) is 0 Å². The summed E-state index contributed by atoms with van der Waals surface area (Å²) in [6.07, 6.45) is 1.53. The Morgan fingerprint density at radius 1 is 0.838 bits per heavy atom. The van der Waals surface area contributed by atoms with Gasteiger partial charge in [-0.05, 0) is 72.8 Å². The summed E-state index contributed by atoms with van der Waals surface area (Å²) in [6, 6.07) is 18.3. The molecule has 0 bridgehead atoms. The number of benzene rings is 3. The molecule has 0 radical (unpaired) electrons. The molecule has 1 amide bonds. The zero-order valence-electron chi connectivity index (χ0n) is 19.3. The van der Waals surface area contributed by atoms with Gasteiger partial charge in [0.2, 0.25) is 5.78 Å². The first kappa shape index (κ1) is 25.7. The second-order valence-electron chi connectivity index (χ2n) is 7.95. The summed E-state index contributed by atoms with van der Waals surface area (Å²) < 4.78 is 0. The number of rotatable bonds is 7. The van der Waals surface area contributed by atoms with E-state index in [9.17, 15) is 24.6 Å². The van der Waals surface area contributed by atoms with Crippen LogP contribution in [0.1, 0.15) is 36.8 Å². The number of carboxylic acid groups (broad SMARTS) is 1. The number of nitrogens with one attached hydrogen (secondary N) is 1. The minimum Gasteiger partial charge on any atom is -0.507 e. The number of amides is 1. The Kier molecular flexibility index (Phi) is 7.42. The molecule has 0 spiro atoms. The van der Waals surface area contributed by atoms with Crippen LogP contribution in [0.3, 0.4) is 0 Å². The third kappa shape index (κ3) is 5.72. The van der Waals surface area contributed by atoms with Crippen molar-refractivity contribution >= 4 is 57.9 Å². The molecular weight excluding hydrogens is 517 g/mol. The number of pyridine rings is 1. The van der Waals surface area contributed by atoms with Gasteiger partial charge in [0.1, 0.15) is 11.4 Å². The molecule has 4 aromatic rings. The van der Waals surface area contributed by atoms with Crippen LogP contribution in [0.25, 0.3) is 0 Å². The van der Waals surface area contributed by atoms with Crippen LogP contribution in [0, 0.1) is 0 Å². The molecule has 0 saturated heterocycles. The van der Waals surface area contributed by atoms with E-state index in [-0.39, 0.29) is 38.8 Å². The molecule has 1 heterocycles. The van der Waals surface area contributed by atoms with E-state index in [1.165, 1.54) is 36.5 Å². The van der Waals surface area contributed by atoms with Crippen molar-refractivity contribution in [2.45, 2.75) is 0 Å². The van der Waals surface area contributed by atoms with Gasteiger partial charge < -0.3 is 20.4 Å². The van der Waals surface area contributed by atoms with E-state index in [1.54, 1.807) is 24.3 Å². The minimum absolute atomic E-state index is 0.0543. The second kappa shape index (κ2) is 10.7. The highest BCUT2D eigenvalue weighted by Crippen LogP contribution is 2.27. The molecule has 0 saturated carbocycles. The van der Waals surface area contributed by atoms with Crippen LogP contribution in [0.4, 0.5) is 17.1 Å². The summed E-state index contributed by atoms with van der Waals surface area (Å²) in [7, 11) is 1.84. The van der Waals surface area contributed by atoms with Gasteiger partial charge in [0.05, 0.1) is 28.7 Å². The fraction of sp³-hybridized carbons (Fsp3) is 0.0370. The van der Waals surface area contributed by atoms with Crippen LogP contribution in [0.15, 0.2) is 79.0 Å². The molecule has 0 aliphatic carbocycles. The normalized spacial score (nSPS) is 10.6. The highest BCUT2D eigenvalue weighted by Gasteiger charge is 2.20. The molecule has 0 fully saturated rings. The van der Waals surface area contributed by atoms with Gasteiger partial charge in [0.25, 0.3) is 5.91 Å². The van der Waals surface area contributed by atoms with Gasteiger partial charge in [-0.1, -0.05) is 23.2 Å². The third-order valence-electron chi connectivity index (χ3n) is 5.55. The molecule has 186 valence electrons. The number of aromatic carboxylic acids is 1. The van der Waals surface area contributed by atoms with E-state index in [4.69, 9.17) is 23.2 Å². The smallest absolute Gasteiger partial charge is 0.337 e. The van der Waals surface area contributed by atoms with Crippen LogP contribution >= 0.6 is 23.2 Å². The number of carbonyl (C=O) groups is 3. The molecule has 3 N–H and O–H groups in total. The zero-order chi connectivity index (χ0) is 26.7. The summed E-state index contributed by atoms with van der Waals surface area (Å²) in [5, 5.41) is 22.9. The van der Waals surface area contributed by atoms with E-state index in [0.29, 0.717) is 5.02 Å². The van der Waals surface area contributed by atoms with Crippen molar-refractivity contribution in [1.29, 1.82) is 0 Å². The van der Waals surface area contributed by atoms with Crippen LogP contribution in [-0.4, -0.2) is 39.9 Å². The Morgan fingerprint density at radius 2 is 1.51 bits per heavy atom. The number of carboxylic acids is 1. The van der Waals surface area contributed by atoms with E-state index in [1.807, 2.05) is 24.1 Å². The van der Waals surface area contributed by atoms with Gasteiger partial charge in [-0.25, -0.2) is 4.79 Å². The maximum Gasteiger partial charge on any atom is 0.337 e. The lowest BCUT2D eigenvalue weighted by atomic mass is 10.0. The standard InChI is InChI=1S/C27H19Cl2N3O5/c1-32(18-6-3-16(28)4-7-18)19-8-10-23(30-14-19)25(34)15-2-9-22(20(12-15)27(36)37)31-26(35)21-13-17(29)5-11-24(21)33/h2-14,33H,1H3,(H,31,35)(H,36,37). The number of anilines is 3. The average molecular weight is 536 g/mol. The maximum absolute atomic E-state index is 13.0. The molecule has 0 aliphatic heterocycles. The first-order valence-corrected chi connectivity index (χ1v) is 11.6. The lowest BCUT2D eigenvalue weighted by Gasteiger charge is -2.19. The van der Waals surface area contributed by atoms with Gasteiger partial charge >= 0.3 is 5.97 Å². The largest absolute Gasteiger partial charge is 0.507 e. The van der Waals surface area contributed by atoms with Crippen LogP contribution in [0.2, 0.25) is 10.0 Å². The molecule has 4 rings (SSSR count). The van der Waals surface area contributed by atoms with E-state index in [0.717, 1.165) is 17.4 Å². The Bertz CT molecular complexity index is 1510. The van der Waals surface area contributed by atoms with E-state index in [2.05, 4.69) is 10.3 Å². The van der Waals surface area contributed by atoms with Crippen molar-refractivity contribution in [1.82, 2.24) is 4.98 Å². The Morgan fingerprint density at radius 3 is 2.16 bits per heavy atom. The predicted molar refractivity (Wildman–Crippen MR) is 142 cm³/mol. The molecule has 1 aromatic heterocycles. The van der Waals surface area contributed by atoms with Crippen molar-refractivity contribution in [3.05, 3.63) is 111 Å². The SMILES string of the molecule is CN(c1ccc(Cl)cc1)c1ccc(C(=O)c2ccc(NC(=O)c3cc(Cl)ccc3O)c(C(=O)O)c2)nc1. The molecule has 0 atom stereocenters. The highest BCUT2D eigenvalue weighted by molar-refractivity contribution is 6.31. The van der Waals surface area contributed by atoms with Crippen LogP contribution in [-0.2, 0) is 0 Å². The first-order valence-electron chi connectivity index (χ1n) is 10.8. The van der Waals surface area contributed by atoms with Crippen molar-refractivity contribution in [3.8, 4) is 5.75 Å². The monoisotopic (exact) mass is 535 g/mol. The van der Waals surface area contributed by atoms with Crippen LogP contribution in [0.5, 0.6) is 5.75 Å². The number of aromatic nitrogens is 1. The van der Waals surface area contributed by atoms with Gasteiger partial charge in [-0.3, -0.25) is 14.6 Å². The van der Waals surface area contributed by atoms with E-state index < -0.39 is 17.7 Å². The Hall–Kier alpha value is -4.40. The average Bonchev–Trinajstić information content (AvgIpc) is 2.89. The number of phenolic OH excluding ortho intramolecular Hbond substituents is 1. The molecule has 0 unspecified atom stereocenters. The number of hydrogen-bond donors (Lipinski definition) is 3. The zero-order valence-corrected chi connectivity index (χ0v) is 20.8. The summed E-state index contributed by atoms with van der Waals surface area (Å²) in [5.41, 5.74) is 1.31. The molecule has 3 aromatic carbocycles. The van der Waals surface area contributed by atoms with Gasteiger partial charge in [0, 0.05) is 28.3 Å². The quantitative estimate of drug-likeness (QED) is 0.246. The first-order chi connectivity index (χ1) is 17.6. The number of aromatic hydroxyl groups is 1. The molecule has 0 aliphatic rings. The number of ketones is 1. The van der Waals surface area contributed by atoms with Crippen molar-refractivity contribution in [3.63, 3.8) is 0 Å².